The number of hydrogen-bond acceptors (Lipinski definition) is 4. The van der Waals surface area contributed by atoms with Crippen molar-refractivity contribution in [2.45, 2.75) is 25.6 Å². The number of hydrogen-bond donors (Lipinski definition) is 2. The van der Waals surface area contributed by atoms with E-state index in [1.807, 2.05) is 0 Å². The zero-order valence-corrected chi connectivity index (χ0v) is 10.1. The van der Waals surface area contributed by atoms with E-state index in [9.17, 15) is 9.18 Å². The monoisotopic (exact) mass is 255 g/mol. The molecule has 98 valence electrons. The van der Waals surface area contributed by atoms with Crippen LogP contribution < -0.4 is 15.2 Å². The molecule has 1 heterocycles. The molecule has 0 bridgehead atoms. The van der Waals surface area contributed by atoms with E-state index in [0.29, 0.717) is 11.5 Å². The average Bonchev–Trinajstić information content (AvgIpc) is 2.71. The van der Waals surface area contributed by atoms with Gasteiger partial charge >= 0.3 is 5.97 Å². The van der Waals surface area contributed by atoms with Gasteiger partial charge in [-0.15, -0.1) is 0 Å². The van der Waals surface area contributed by atoms with Gasteiger partial charge < -0.3 is 20.3 Å². The molecule has 1 aromatic carbocycles. The van der Waals surface area contributed by atoms with E-state index in [1.165, 1.54) is 26.0 Å². The van der Waals surface area contributed by atoms with Crippen molar-refractivity contribution in [2.24, 2.45) is 5.73 Å². The minimum Gasteiger partial charge on any atom is -0.480 e. The molecule has 1 aliphatic rings. The van der Waals surface area contributed by atoms with Gasteiger partial charge in [0.2, 0.25) is 6.79 Å². The molecule has 18 heavy (non-hydrogen) atoms. The summed E-state index contributed by atoms with van der Waals surface area (Å²) < 4.78 is 24.4. The summed E-state index contributed by atoms with van der Waals surface area (Å²) in [4.78, 5) is 11.0. The van der Waals surface area contributed by atoms with Gasteiger partial charge in [-0.2, -0.15) is 0 Å². The number of carboxylic acids is 1. The molecule has 0 spiro atoms. The van der Waals surface area contributed by atoms with Crippen LogP contribution in [0.15, 0.2) is 12.1 Å². The molecular formula is C12H14FNO4. The number of fused-ring (bicyclic) bond motifs is 1. The first-order valence-corrected chi connectivity index (χ1v) is 5.42. The van der Waals surface area contributed by atoms with Crippen LogP contribution in [0.2, 0.25) is 0 Å². The average molecular weight is 255 g/mol. The summed E-state index contributed by atoms with van der Waals surface area (Å²) in [6.07, 6.45) is 0. The lowest BCUT2D eigenvalue weighted by molar-refractivity contribution is -0.138. The predicted octanol–water partition coefficient (Wildman–Crippen LogP) is 1.70. The quantitative estimate of drug-likeness (QED) is 0.859. The van der Waals surface area contributed by atoms with E-state index in [-0.39, 0.29) is 17.9 Å². The van der Waals surface area contributed by atoms with Gasteiger partial charge in [-0.25, -0.2) is 4.39 Å². The molecule has 6 heteroatoms. The molecule has 1 aliphatic heterocycles. The lowest BCUT2D eigenvalue weighted by Gasteiger charge is -2.21. The Kier molecular flexibility index (Phi) is 2.90. The van der Waals surface area contributed by atoms with Crippen LogP contribution in [0.5, 0.6) is 11.5 Å². The summed E-state index contributed by atoms with van der Waals surface area (Å²) >= 11 is 0. The van der Waals surface area contributed by atoms with Crippen molar-refractivity contribution in [2.75, 3.05) is 6.79 Å². The molecule has 0 radical (unpaired) electrons. The van der Waals surface area contributed by atoms with Crippen LogP contribution in [0.25, 0.3) is 0 Å². The third-order valence-electron chi connectivity index (χ3n) is 2.79. The predicted molar refractivity (Wildman–Crippen MR) is 61.3 cm³/mol. The Bertz CT molecular complexity index is 496. The Balaban J connectivity index is 2.59. The molecule has 0 aliphatic carbocycles. The maximum absolute atomic E-state index is 14.1. The van der Waals surface area contributed by atoms with E-state index in [0.717, 1.165) is 0 Å². The number of carbonyl (C=O) groups is 1. The molecule has 1 atom stereocenters. The number of benzene rings is 1. The standard InChI is InChI=1S/C12H14FNO4/c1-12(2,13)7-4-9-8(17-5-18-9)3-6(7)10(14)11(15)16/h3-4,10H,5,14H2,1-2H3,(H,15,16). The van der Waals surface area contributed by atoms with Gasteiger partial charge in [-0.05, 0) is 37.1 Å². The van der Waals surface area contributed by atoms with Gasteiger partial charge in [0.15, 0.2) is 11.5 Å². The van der Waals surface area contributed by atoms with Crippen LogP contribution in [-0.2, 0) is 10.5 Å². The van der Waals surface area contributed by atoms with Crippen molar-refractivity contribution in [3.05, 3.63) is 23.3 Å². The van der Waals surface area contributed by atoms with Crippen LogP contribution in [0.3, 0.4) is 0 Å². The minimum absolute atomic E-state index is 0.0350. The van der Waals surface area contributed by atoms with Gasteiger partial charge in [0.1, 0.15) is 11.7 Å². The Morgan fingerprint density at radius 3 is 2.50 bits per heavy atom. The summed E-state index contributed by atoms with van der Waals surface area (Å²) in [6, 6.07) is 1.57. The van der Waals surface area contributed by atoms with Crippen LogP contribution in [0.4, 0.5) is 4.39 Å². The van der Waals surface area contributed by atoms with Crippen molar-refractivity contribution in [3.63, 3.8) is 0 Å². The first-order valence-electron chi connectivity index (χ1n) is 5.42. The lowest BCUT2D eigenvalue weighted by Crippen LogP contribution is -2.25. The molecular weight excluding hydrogens is 241 g/mol. The zero-order chi connectivity index (χ0) is 13.5. The van der Waals surface area contributed by atoms with Gasteiger partial charge in [0, 0.05) is 0 Å². The number of nitrogens with two attached hydrogens (primary N) is 1. The second-order valence-corrected chi connectivity index (χ2v) is 4.58. The highest BCUT2D eigenvalue weighted by atomic mass is 19.1. The number of aliphatic carboxylic acids is 1. The van der Waals surface area contributed by atoms with Crippen molar-refractivity contribution < 1.29 is 23.8 Å². The van der Waals surface area contributed by atoms with Gasteiger partial charge in [0.05, 0.1) is 0 Å². The van der Waals surface area contributed by atoms with Crippen molar-refractivity contribution in [3.8, 4) is 11.5 Å². The zero-order valence-electron chi connectivity index (χ0n) is 10.1. The van der Waals surface area contributed by atoms with Crippen LogP contribution >= 0.6 is 0 Å². The lowest BCUT2D eigenvalue weighted by atomic mass is 9.90. The third-order valence-corrected chi connectivity index (χ3v) is 2.79. The highest BCUT2D eigenvalue weighted by molar-refractivity contribution is 5.76. The molecule has 1 aromatic rings. The summed E-state index contributed by atoms with van der Waals surface area (Å²) in [5.41, 5.74) is 4.24. The Hall–Kier alpha value is -1.82. The summed E-state index contributed by atoms with van der Waals surface area (Å²) in [5, 5.41) is 8.95. The van der Waals surface area contributed by atoms with Crippen molar-refractivity contribution >= 4 is 5.97 Å². The fraction of sp³-hybridized carbons (Fsp3) is 0.417. The number of halogens is 1. The largest absolute Gasteiger partial charge is 0.480 e. The molecule has 0 saturated carbocycles. The Labute approximate surface area is 103 Å². The molecule has 0 saturated heterocycles. The number of rotatable bonds is 3. The molecule has 5 nitrogen and oxygen atoms in total. The minimum atomic E-state index is -1.72. The first-order chi connectivity index (χ1) is 8.30. The third kappa shape index (κ3) is 2.11. The van der Waals surface area contributed by atoms with E-state index in [1.54, 1.807) is 0 Å². The maximum Gasteiger partial charge on any atom is 0.325 e. The smallest absolute Gasteiger partial charge is 0.325 e. The fourth-order valence-corrected chi connectivity index (χ4v) is 1.86. The number of carboxylic acid groups (broad SMARTS) is 1. The summed E-state index contributed by atoms with van der Waals surface area (Å²) in [5.74, 6) is -0.439. The molecule has 0 fully saturated rings. The maximum atomic E-state index is 14.1. The van der Waals surface area contributed by atoms with E-state index >= 15 is 0 Å². The second-order valence-electron chi connectivity index (χ2n) is 4.58. The molecule has 0 aromatic heterocycles. The van der Waals surface area contributed by atoms with Crippen molar-refractivity contribution in [1.29, 1.82) is 0 Å². The highest BCUT2D eigenvalue weighted by Gasteiger charge is 2.31. The fourth-order valence-electron chi connectivity index (χ4n) is 1.86. The van der Waals surface area contributed by atoms with Crippen LogP contribution in [-0.4, -0.2) is 17.9 Å². The normalized spacial score (nSPS) is 15.6. The molecule has 2 rings (SSSR count). The van der Waals surface area contributed by atoms with E-state index in [4.69, 9.17) is 20.3 Å². The van der Waals surface area contributed by atoms with Gasteiger partial charge in [-0.3, -0.25) is 4.79 Å². The van der Waals surface area contributed by atoms with E-state index < -0.39 is 17.7 Å². The van der Waals surface area contributed by atoms with Crippen LogP contribution in [0, 0.1) is 0 Å². The van der Waals surface area contributed by atoms with E-state index in [2.05, 4.69) is 0 Å². The topological polar surface area (TPSA) is 81.8 Å². The van der Waals surface area contributed by atoms with Gasteiger partial charge in [-0.1, -0.05) is 0 Å². The SMILES string of the molecule is CC(C)(F)c1cc2c(cc1C(N)C(=O)O)OCO2. The van der Waals surface area contributed by atoms with Crippen LogP contribution in [0.1, 0.15) is 31.0 Å². The summed E-state index contributed by atoms with van der Waals surface area (Å²) in [6.45, 7) is 2.71. The number of alkyl halides is 1. The summed E-state index contributed by atoms with van der Waals surface area (Å²) in [7, 11) is 0. The van der Waals surface area contributed by atoms with Gasteiger partial charge in [0.25, 0.3) is 0 Å². The molecule has 3 N–H and O–H groups in total. The molecule has 0 amide bonds. The Morgan fingerprint density at radius 1 is 1.44 bits per heavy atom. The van der Waals surface area contributed by atoms with Crippen molar-refractivity contribution in [1.82, 2.24) is 0 Å². The Morgan fingerprint density at radius 2 is 2.00 bits per heavy atom. The first kappa shape index (κ1) is 12.6. The number of ether oxygens (including phenoxy) is 2. The molecule has 1 unspecified atom stereocenters. The highest BCUT2D eigenvalue weighted by Crippen LogP contribution is 2.41. The second kappa shape index (κ2) is 4.13.